The van der Waals surface area contributed by atoms with Crippen molar-refractivity contribution in [2.75, 3.05) is 5.32 Å². The number of amides is 1. The van der Waals surface area contributed by atoms with Crippen molar-refractivity contribution in [3.8, 4) is 23.0 Å². The van der Waals surface area contributed by atoms with Gasteiger partial charge in [-0.05, 0) is 55.0 Å². The van der Waals surface area contributed by atoms with E-state index in [2.05, 4.69) is 25.3 Å². The second kappa shape index (κ2) is 9.94. The molecule has 2 aromatic heterocycles. The standard InChI is InChI=1S/C24H19Cl2N5O2/c1-3-21-28-13-29-22(31-21)19-5-4-8-27-24(19)33-20-9-15(7-6-14(20)2)23(32)30-18-11-16(25)10-17(26)12-18/h4-13H,3H2,1-2H3,(H,30,32). The van der Waals surface area contributed by atoms with Gasteiger partial charge in [0, 0.05) is 33.9 Å². The third-order valence-corrected chi connectivity index (χ3v) is 5.16. The Labute approximate surface area is 200 Å². The maximum absolute atomic E-state index is 12.8. The number of nitrogens with one attached hydrogen (secondary N) is 1. The topological polar surface area (TPSA) is 89.9 Å². The van der Waals surface area contributed by atoms with Gasteiger partial charge in [-0.25, -0.2) is 19.9 Å². The van der Waals surface area contributed by atoms with Crippen LogP contribution < -0.4 is 10.1 Å². The fourth-order valence-electron chi connectivity index (χ4n) is 3.06. The van der Waals surface area contributed by atoms with E-state index in [1.807, 2.05) is 19.9 Å². The molecule has 0 bridgehead atoms. The van der Waals surface area contributed by atoms with Crippen molar-refractivity contribution in [3.05, 3.63) is 88.1 Å². The number of anilines is 1. The first-order valence-electron chi connectivity index (χ1n) is 10.1. The number of carbonyl (C=O) groups is 1. The van der Waals surface area contributed by atoms with Crippen LogP contribution in [0.3, 0.4) is 0 Å². The third-order valence-electron chi connectivity index (χ3n) is 4.73. The molecular formula is C24H19Cl2N5O2. The Morgan fingerprint density at radius 3 is 2.58 bits per heavy atom. The lowest BCUT2D eigenvalue weighted by atomic mass is 10.1. The molecule has 0 atom stereocenters. The van der Waals surface area contributed by atoms with Crippen molar-refractivity contribution in [3.63, 3.8) is 0 Å². The van der Waals surface area contributed by atoms with Crippen LogP contribution in [0.1, 0.15) is 28.7 Å². The van der Waals surface area contributed by atoms with E-state index < -0.39 is 0 Å². The van der Waals surface area contributed by atoms with E-state index >= 15 is 0 Å². The van der Waals surface area contributed by atoms with Gasteiger partial charge >= 0.3 is 0 Å². The first kappa shape index (κ1) is 22.6. The molecule has 2 heterocycles. The van der Waals surface area contributed by atoms with Gasteiger partial charge in [0.25, 0.3) is 5.91 Å². The second-order valence-electron chi connectivity index (χ2n) is 7.13. The highest BCUT2D eigenvalue weighted by molar-refractivity contribution is 6.35. The molecule has 0 unspecified atom stereocenters. The molecule has 4 aromatic rings. The zero-order valence-corrected chi connectivity index (χ0v) is 19.4. The first-order valence-corrected chi connectivity index (χ1v) is 10.9. The highest BCUT2D eigenvalue weighted by atomic mass is 35.5. The molecule has 4 rings (SSSR count). The summed E-state index contributed by atoms with van der Waals surface area (Å²) in [5, 5.41) is 3.65. The molecule has 0 saturated carbocycles. The fourth-order valence-corrected chi connectivity index (χ4v) is 3.58. The maximum atomic E-state index is 12.8. The van der Waals surface area contributed by atoms with E-state index in [4.69, 9.17) is 27.9 Å². The van der Waals surface area contributed by atoms with Gasteiger partial charge in [-0.15, -0.1) is 0 Å². The fraction of sp³-hybridized carbons (Fsp3) is 0.125. The number of aromatic nitrogens is 4. The number of ether oxygens (including phenoxy) is 1. The molecule has 0 aliphatic heterocycles. The quantitative estimate of drug-likeness (QED) is 0.356. The summed E-state index contributed by atoms with van der Waals surface area (Å²) in [6.45, 7) is 3.85. The summed E-state index contributed by atoms with van der Waals surface area (Å²) in [5.74, 6) is 1.62. The van der Waals surface area contributed by atoms with Crippen LogP contribution in [-0.2, 0) is 6.42 Å². The van der Waals surface area contributed by atoms with Crippen LogP contribution in [0.25, 0.3) is 11.4 Å². The number of pyridine rings is 1. The van der Waals surface area contributed by atoms with Gasteiger partial charge in [0.1, 0.15) is 17.9 Å². The van der Waals surface area contributed by atoms with Gasteiger partial charge in [-0.2, -0.15) is 0 Å². The number of benzene rings is 2. The Balaban J connectivity index is 1.62. The number of hydrogen-bond acceptors (Lipinski definition) is 6. The predicted molar refractivity (Wildman–Crippen MR) is 128 cm³/mol. The average molecular weight is 480 g/mol. The molecule has 0 spiro atoms. The molecule has 0 radical (unpaired) electrons. The minimum absolute atomic E-state index is 0.327. The van der Waals surface area contributed by atoms with Gasteiger partial charge < -0.3 is 10.1 Å². The lowest BCUT2D eigenvalue weighted by Gasteiger charge is -2.13. The summed E-state index contributed by atoms with van der Waals surface area (Å²) in [4.78, 5) is 30.0. The average Bonchev–Trinajstić information content (AvgIpc) is 2.80. The van der Waals surface area contributed by atoms with Crippen molar-refractivity contribution in [2.24, 2.45) is 0 Å². The van der Waals surface area contributed by atoms with Gasteiger partial charge in [0.05, 0.1) is 5.56 Å². The lowest BCUT2D eigenvalue weighted by molar-refractivity contribution is 0.102. The zero-order chi connectivity index (χ0) is 23.4. The molecule has 0 saturated heterocycles. The number of nitrogens with zero attached hydrogens (tertiary/aromatic N) is 4. The van der Waals surface area contributed by atoms with E-state index in [1.54, 1.807) is 48.7 Å². The van der Waals surface area contributed by atoms with E-state index in [1.165, 1.54) is 6.33 Å². The van der Waals surface area contributed by atoms with Gasteiger partial charge in [0.15, 0.2) is 5.82 Å². The van der Waals surface area contributed by atoms with Crippen molar-refractivity contribution in [1.29, 1.82) is 0 Å². The predicted octanol–water partition coefficient (Wildman–Crippen LogP) is 6.16. The van der Waals surface area contributed by atoms with Gasteiger partial charge in [-0.1, -0.05) is 36.2 Å². The minimum atomic E-state index is -0.329. The molecule has 0 aliphatic rings. The Bertz CT molecular complexity index is 1310. The minimum Gasteiger partial charge on any atom is -0.438 e. The van der Waals surface area contributed by atoms with Crippen LogP contribution in [0.5, 0.6) is 11.6 Å². The van der Waals surface area contributed by atoms with Crippen molar-refractivity contribution >= 4 is 34.8 Å². The Hall–Kier alpha value is -3.55. The van der Waals surface area contributed by atoms with Crippen LogP contribution in [0.2, 0.25) is 10.0 Å². The Morgan fingerprint density at radius 1 is 1.03 bits per heavy atom. The lowest BCUT2D eigenvalue weighted by Crippen LogP contribution is -2.12. The largest absolute Gasteiger partial charge is 0.438 e. The summed E-state index contributed by atoms with van der Waals surface area (Å²) < 4.78 is 6.11. The summed E-state index contributed by atoms with van der Waals surface area (Å²) >= 11 is 12.0. The third kappa shape index (κ3) is 5.45. The summed E-state index contributed by atoms with van der Waals surface area (Å²) in [5.41, 5.74) is 2.35. The molecular weight excluding hydrogens is 461 g/mol. The number of halogens is 2. The molecule has 2 aromatic carbocycles. The highest BCUT2D eigenvalue weighted by Gasteiger charge is 2.15. The molecule has 0 fully saturated rings. The van der Waals surface area contributed by atoms with Crippen molar-refractivity contribution in [1.82, 2.24) is 19.9 Å². The monoisotopic (exact) mass is 479 g/mol. The van der Waals surface area contributed by atoms with Crippen LogP contribution in [0.4, 0.5) is 5.69 Å². The number of hydrogen-bond donors (Lipinski definition) is 1. The molecule has 0 aliphatic carbocycles. The Morgan fingerprint density at radius 2 is 1.82 bits per heavy atom. The molecule has 1 amide bonds. The zero-order valence-electron chi connectivity index (χ0n) is 17.8. The number of aryl methyl sites for hydroxylation is 2. The SMILES string of the molecule is CCc1ncnc(-c2cccnc2Oc2cc(C(=O)Nc3cc(Cl)cc(Cl)c3)ccc2C)n1. The number of carbonyl (C=O) groups excluding carboxylic acids is 1. The van der Waals surface area contributed by atoms with E-state index in [0.29, 0.717) is 56.6 Å². The summed E-state index contributed by atoms with van der Waals surface area (Å²) in [6.07, 6.45) is 3.77. The van der Waals surface area contributed by atoms with Crippen LogP contribution >= 0.6 is 23.2 Å². The van der Waals surface area contributed by atoms with Crippen molar-refractivity contribution in [2.45, 2.75) is 20.3 Å². The summed E-state index contributed by atoms with van der Waals surface area (Å²) in [7, 11) is 0. The van der Waals surface area contributed by atoms with Crippen LogP contribution in [0.15, 0.2) is 61.1 Å². The van der Waals surface area contributed by atoms with E-state index in [-0.39, 0.29) is 5.91 Å². The number of rotatable bonds is 6. The first-order chi connectivity index (χ1) is 15.9. The molecule has 33 heavy (non-hydrogen) atoms. The molecule has 1 N–H and O–H groups in total. The van der Waals surface area contributed by atoms with Gasteiger partial charge in [0.2, 0.25) is 5.88 Å². The highest BCUT2D eigenvalue weighted by Crippen LogP contribution is 2.32. The van der Waals surface area contributed by atoms with Gasteiger partial charge in [-0.3, -0.25) is 4.79 Å². The molecule has 166 valence electrons. The maximum Gasteiger partial charge on any atom is 0.255 e. The van der Waals surface area contributed by atoms with Crippen LogP contribution in [-0.4, -0.2) is 25.8 Å². The molecule has 7 nitrogen and oxygen atoms in total. The van der Waals surface area contributed by atoms with Crippen molar-refractivity contribution < 1.29 is 9.53 Å². The Kier molecular flexibility index (Phi) is 6.82. The molecule has 9 heteroatoms. The smallest absolute Gasteiger partial charge is 0.255 e. The van der Waals surface area contributed by atoms with E-state index in [9.17, 15) is 4.79 Å². The summed E-state index contributed by atoms with van der Waals surface area (Å²) in [6, 6.07) is 13.6. The van der Waals surface area contributed by atoms with E-state index in [0.717, 1.165) is 5.56 Å². The van der Waals surface area contributed by atoms with Crippen LogP contribution in [0, 0.1) is 6.92 Å². The second-order valence-corrected chi connectivity index (χ2v) is 8.00. The normalized spacial score (nSPS) is 10.7.